The molecule has 0 radical (unpaired) electrons. The Balaban J connectivity index is 1.55. The SMILES string of the molecule is O=C(CCl)Nc1ccc(N2CCc3ccccc3C2)c(C(=O)NCCc2ccccc2)c1. The van der Waals surface area contributed by atoms with Gasteiger partial charge in [-0.25, -0.2) is 0 Å². The van der Waals surface area contributed by atoms with Gasteiger partial charge in [0.25, 0.3) is 5.91 Å². The normalized spacial score (nSPS) is 12.7. The second-order valence-electron chi connectivity index (χ2n) is 7.85. The number of amides is 2. The van der Waals surface area contributed by atoms with Gasteiger partial charge in [-0.15, -0.1) is 11.6 Å². The number of anilines is 2. The topological polar surface area (TPSA) is 61.4 Å². The Bertz CT molecular complexity index is 1100. The van der Waals surface area contributed by atoms with Crippen molar-refractivity contribution in [3.8, 4) is 0 Å². The maximum atomic E-state index is 13.2. The van der Waals surface area contributed by atoms with E-state index in [1.165, 1.54) is 16.7 Å². The van der Waals surface area contributed by atoms with Gasteiger partial charge in [-0.3, -0.25) is 9.59 Å². The lowest BCUT2D eigenvalue weighted by molar-refractivity contribution is -0.113. The van der Waals surface area contributed by atoms with Gasteiger partial charge in [-0.05, 0) is 47.7 Å². The summed E-state index contributed by atoms with van der Waals surface area (Å²) < 4.78 is 0. The van der Waals surface area contributed by atoms with Crippen molar-refractivity contribution >= 4 is 34.8 Å². The smallest absolute Gasteiger partial charge is 0.253 e. The minimum atomic E-state index is -0.304. The van der Waals surface area contributed by atoms with Crippen LogP contribution in [0.3, 0.4) is 0 Å². The Morgan fingerprint density at radius 3 is 2.47 bits per heavy atom. The van der Waals surface area contributed by atoms with E-state index in [9.17, 15) is 9.59 Å². The molecule has 0 atom stereocenters. The molecule has 0 aromatic heterocycles. The van der Waals surface area contributed by atoms with E-state index in [1.54, 1.807) is 6.07 Å². The molecule has 0 aliphatic carbocycles. The molecular weight excluding hydrogens is 422 g/mol. The van der Waals surface area contributed by atoms with Crippen LogP contribution in [0.25, 0.3) is 0 Å². The van der Waals surface area contributed by atoms with Crippen LogP contribution in [0.1, 0.15) is 27.0 Å². The molecule has 164 valence electrons. The molecule has 2 N–H and O–H groups in total. The van der Waals surface area contributed by atoms with Crippen molar-refractivity contribution in [3.05, 3.63) is 95.1 Å². The first kappa shape index (κ1) is 21.9. The van der Waals surface area contributed by atoms with Crippen LogP contribution < -0.4 is 15.5 Å². The van der Waals surface area contributed by atoms with Crippen LogP contribution in [0.4, 0.5) is 11.4 Å². The van der Waals surface area contributed by atoms with E-state index in [1.807, 2.05) is 48.5 Å². The third-order valence-corrected chi connectivity index (χ3v) is 5.90. The molecule has 1 aliphatic heterocycles. The van der Waals surface area contributed by atoms with Crippen molar-refractivity contribution in [2.45, 2.75) is 19.4 Å². The standard InChI is InChI=1S/C26H26ClN3O2/c27-17-25(31)29-22-10-11-24(30-15-13-20-8-4-5-9-21(20)18-30)23(16-22)26(32)28-14-12-19-6-2-1-3-7-19/h1-11,16H,12-15,17-18H2,(H,28,32)(H,29,31). The molecular formula is C26H26ClN3O2. The molecule has 1 heterocycles. The summed E-state index contributed by atoms with van der Waals surface area (Å²) in [4.78, 5) is 27.2. The zero-order valence-electron chi connectivity index (χ0n) is 17.8. The van der Waals surface area contributed by atoms with Crippen molar-refractivity contribution in [1.82, 2.24) is 5.32 Å². The Kier molecular flexibility index (Phi) is 7.07. The molecule has 1 aliphatic rings. The van der Waals surface area contributed by atoms with Crippen molar-refractivity contribution in [2.24, 2.45) is 0 Å². The molecule has 4 rings (SSSR count). The molecule has 0 saturated carbocycles. The van der Waals surface area contributed by atoms with Crippen LogP contribution in [0.15, 0.2) is 72.8 Å². The molecule has 0 unspecified atom stereocenters. The van der Waals surface area contributed by atoms with Gasteiger partial charge in [0, 0.05) is 31.0 Å². The molecule has 0 fully saturated rings. The van der Waals surface area contributed by atoms with E-state index < -0.39 is 0 Å². The van der Waals surface area contributed by atoms with Gasteiger partial charge in [-0.1, -0.05) is 54.6 Å². The van der Waals surface area contributed by atoms with Gasteiger partial charge in [0.05, 0.1) is 5.56 Å². The maximum absolute atomic E-state index is 13.2. The largest absolute Gasteiger partial charge is 0.366 e. The molecule has 0 saturated heterocycles. The molecule has 0 spiro atoms. The summed E-state index contributed by atoms with van der Waals surface area (Å²) in [6.07, 6.45) is 1.68. The van der Waals surface area contributed by atoms with E-state index in [2.05, 4.69) is 33.7 Å². The first-order valence-electron chi connectivity index (χ1n) is 10.8. The highest BCUT2D eigenvalue weighted by atomic mass is 35.5. The molecule has 3 aromatic rings. The average molecular weight is 448 g/mol. The number of benzene rings is 3. The summed E-state index contributed by atoms with van der Waals surface area (Å²) in [6, 6.07) is 23.9. The van der Waals surface area contributed by atoms with E-state index >= 15 is 0 Å². The van der Waals surface area contributed by atoms with E-state index in [4.69, 9.17) is 11.6 Å². The van der Waals surface area contributed by atoms with Crippen LogP contribution in [0.2, 0.25) is 0 Å². The second-order valence-corrected chi connectivity index (χ2v) is 8.11. The summed E-state index contributed by atoms with van der Waals surface area (Å²) >= 11 is 5.63. The quantitative estimate of drug-likeness (QED) is 0.528. The lowest BCUT2D eigenvalue weighted by Gasteiger charge is -2.32. The first-order valence-corrected chi connectivity index (χ1v) is 11.3. The lowest BCUT2D eigenvalue weighted by atomic mass is 9.98. The van der Waals surface area contributed by atoms with Gasteiger partial charge < -0.3 is 15.5 Å². The fourth-order valence-corrected chi connectivity index (χ4v) is 4.09. The molecule has 5 nitrogen and oxygen atoms in total. The van der Waals surface area contributed by atoms with Crippen LogP contribution in [-0.2, 0) is 24.2 Å². The second kappa shape index (κ2) is 10.3. The molecule has 32 heavy (non-hydrogen) atoms. The zero-order chi connectivity index (χ0) is 22.3. The van der Waals surface area contributed by atoms with Crippen LogP contribution in [0, 0.1) is 0 Å². The van der Waals surface area contributed by atoms with Crippen molar-refractivity contribution < 1.29 is 9.59 Å². The highest BCUT2D eigenvalue weighted by Gasteiger charge is 2.22. The third kappa shape index (κ3) is 5.29. The van der Waals surface area contributed by atoms with Crippen LogP contribution in [-0.4, -0.2) is 30.8 Å². The molecule has 0 bridgehead atoms. The number of fused-ring (bicyclic) bond motifs is 1. The Hall–Kier alpha value is -3.31. The minimum absolute atomic E-state index is 0.136. The summed E-state index contributed by atoms with van der Waals surface area (Å²) in [5.41, 5.74) is 5.76. The predicted molar refractivity (Wildman–Crippen MR) is 129 cm³/mol. The third-order valence-electron chi connectivity index (χ3n) is 5.66. The fourth-order valence-electron chi connectivity index (χ4n) is 4.03. The number of carbonyl (C=O) groups is 2. The van der Waals surface area contributed by atoms with Crippen molar-refractivity contribution in [1.29, 1.82) is 0 Å². The number of hydrogen-bond acceptors (Lipinski definition) is 3. The fraction of sp³-hybridized carbons (Fsp3) is 0.231. The van der Waals surface area contributed by atoms with Crippen molar-refractivity contribution in [2.75, 3.05) is 29.2 Å². The number of alkyl halides is 1. The number of nitrogens with one attached hydrogen (secondary N) is 2. The molecule has 3 aromatic carbocycles. The molecule has 6 heteroatoms. The Labute approximate surface area is 193 Å². The minimum Gasteiger partial charge on any atom is -0.366 e. The van der Waals surface area contributed by atoms with Crippen LogP contribution in [0.5, 0.6) is 0 Å². The summed E-state index contributed by atoms with van der Waals surface area (Å²) in [6.45, 7) is 2.10. The zero-order valence-corrected chi connectivity index (χ0v) is 18.6. The monoisotopic (exact) mass is 447 g/mol. The summed E-state index contributed by atoms with van der Waals surface area (Å²) in [5.74, 6) is -0.595. The number of halogens is 1. The van der Waals surface area contributed by atoms with E-state index in [0.29, 0.717) is 17.8 Å². The average Bonchev–Trinajstić information content (AvgIpc) is 2.84. The number of rotatable bonds is 7. The summed E-state index contributed by atoms with van der Waals surface area (Å²) in [7, 11) is 0. The van der Waals surface area contributed by atoms with Gasteiger partial charge in [0.2, 0.25) is 5.91 Å². The predicted octanol–water partition coefficient (Wildman–Crippen LogP) is 4.40. The number of nitrogens with zero attached hydrogens (tertiary/aromatic N) is 1. The first-order chi connectivity index (χ1) is 15.6. The Morgan fingerprint density at radius 2 is 1.69 bits per heavy atom. The van der Waals surface area contributed by atoms with Gasteiger partial charge in [-0.2, -0.15) is 0 Å². The van der Waals surface area contributed by atoms with E-state index in [-0.39, 0.29) is 17.7 Å². The van der Waals surface area contributed by atoms with Crippen LogP contribution >= 0.6 is 11.6 Å². The number of hydrogen-bond donors (Lipinski definition) is 2. The highest BCUT2D eigenvalue weighted by molar-refractivity contribution is 6.29. The van der Waals surface area contributed by atoms with Gasteiger partial charge in [0.15, 0.2) is 0 Å². The maximum Gasteiger partial charge on any atom is 0.253 e. The van der Waals surface area contributed by atoms with Gasteiger partial charge in [0.1, 0.15) is 5.88 Å². The lowest BCUT2D eigenvalue weighted by Crippen LogP contribution is -2.33. The summed E-state index contributed by atoms with van der Waals surface area (Å²) in [5, 5.41) is 5.78. The van der Waals surface area contributed by atoms with Gasteiger partial charge >= 0.3 is 0 Å². The molecule has 2 amide bonds. The van der Waals surface area contributed by atoms with E-state index in [0.717, 1.165) is 31.6 Å². The number of carbonyl (C=O) groups excluding carboxylic acids is 2. The Morgan fingerprint density at radius 1 is 0.938 bits per heavy atom. The van der Waals surface area contributed by atoms with Crippen molar-refractivity contribution in [3.63, 3.8) is 0 Å². The highest BCUT2D eigenvalue weighted by Crippen LogP contribution is 2.29.